The van der Waals surface area contributed by atoms with Crippen LogP contribution in [0.25, 0.3) is 0 Å². The summed E-state index contributed by atoms with van der Waals surface area (Å²) in [5.41, 5.74) is 0.228. The molecule has 3 unspecified atom stereocenters. The first-order valence-electron chi connectivity index (χ1n) is 10.1. The van der Waals surface area contributed by atoms with Gasteiger partial charge in [0.2, 0.25) is 5.91 Å². The largest absolute Gasteiger partial charge is 0.497 e. The van der Waals surface area contributed by atoms with Gasteiger partial charge in [-0.15, -0.1) is 0 Å². The third-order valence-electron chi connectivity index (χ3n) is 5.52. The fourth-order valence-corrected chi connectivity index (χ4v) is 3.86. The molecule has 1 saturated heterocycles. The molecule has 8 heteroatoms. The minimum atomic E-state index is -1.21. The number of hydrogen-bond donors (Lipinski definition) is 3. The number of aliphatic hydroxyl groups is 1. The number of amides is 3. The van der Waals surface area contributed by atoms with E-state index in [1.807, 2.05) is 30.3 Å². The molecule has 1 fully saturated rings. The number of carbonyl (C=O) groups is 2. The molecule has 0 aliphatic carbocycles. The second kappa shape index (κ2) is 9.80. The Labute approximate surface area is 182 Å². The van der Waals surface area contributed by atoms with Crippen LogP contribution in [0.5, 0.6) is 5.75 Å². The van der Waals surface area contributed by atoms with E-state index in [2.05, 4.69) is 10.6 Å². The van der Waals surface area contributed by atoms with Gasteiger partial charge in [0.25, 0.3) is 0 Å². The molecule has 8 nitrogen and oxygen atoms in total. The summed E-state index contributed by atoms with van der Waals surface area (Å²) in [6.07, 6.45) is 0.310. The first-order valence-corrected chi connectivity index (χ1v) is 10.1. The average Bonchev–Trinajstić information content (AvgIpc) is 2.76. The smallest absolute Gasteiger partial charge is 0.322 e. The molecule has 3 rings (SSSR count). The summed E-state index contributed by atoms with van der Waals surface area (Å²) in [5, 5.41) is 16.9. The van der Waals surface area contributed by atoms with E-state index in [1.165, 1.54) is 7.11 Å². The van der Waals surface area contributed by atoms with Gasteiger partial charge in [0, 0.05) is 19.3 Å². The molecule has 2 aromatic carbocycles. The van der Waals surface area contributed by atoms with Gasteiger partial charge in [0.05, 0.1) is 24.8 Å². The van der Waals surface area contributed by atoms with E-state index in [0.717, 1.165) is 5.56 Å². The standard InChI is InChI=1S/C23H29N3O5/c1-23(29)13-14-26(22(28)24-17-9-11-18(31-3)12-10-17)20(16-7-5-4-6-8-16)21(23)25-19(27)15-30-2/h4-12,20-21,29H,13-15H2,1-3H3,(H,24,28)(H,25,27). The highest BCUT2D eigenvalue weighted by molar-refractivity contribution is 5.90. The van der Waals surface area contributed by atoms with Gasteiger partial charge >= 0.3 is 6.03 Å². The van der Waals surface area contributed by atoms with Crippen LogP contribution in [0.1, 0.15) is 24.9 Å². The molecule has 0 bridgehead atoms. The van der Waals surface area contributed by atoms with Crippen molar-refractivity contribution in [3.05, 3.63) is 60.2 Å². The quantitative estimate of drug-likeness (QED) is 0.658. The van der Waals surface area contributed by atoms with E-state index in [-0.39, 0.29) is 18.5 Å². The monoisotopic (exact) mass is 427 g/mol. The van der Waals surface area contributed by atoms with Crippen molar-refractivity contribution in [2.75, 3.05) is 32.7 Å². The first-order chi connectivity index (χ1) is 14.9. The highest BCUT2D eigenvalue weighted by atomic mass is 16.5. The highest BCUT2D eigenvalue weighted by Crippen LogP contribution is 2.37. The number of anilines is 1. The maximum Gasteiger partial charge on any atom is 0.322 e. The molecule has 0 spiro atoms. The molecule has 2 aromatic rings. The van der Waals surface area contributed by atoms with Crippen molar-refractivity contribution in [2.24, 2.45) is 0 Å². The molecule has 3 amide bonds. The van der Waals surface area contributed by atoms with Crippen molar-refractivity contribution in [1.82, 2.24) is 10.2 Å². The normalized spacial score (nSPS) is 23.2. The van der Waals surface area contributed by atoms with E-state index in [4.69, 9.17) is 9.47 Å². The first kappa shape index (κ1) is 22.6. The molecular formula is C23H29N3O5. The van der Waals surface area contributed by atoms with Gasteiger partial charge in [-0.05, 0) is 43.2 Å². The molecule has 1 aliphatic rings. The Hall–Kier alpha value is -3.10. The molecule has 166 valence electrons. The number of hydrogen-bond acceptors (Lipinski definition) is 5. The Morgan fingerprint density at radius 1 is 1.13 bits per heavy atom. The Kier molecular flexibility index (Phi) is 7.14. The number of ether oxygens (including phenoxy) is 2. The molecule has 31 heavy (non-hydrogen) atoms. The molecule has 0 radical (unpaired) electrons. The lowest BCUT2D eigenvalue weighted by atomic mass is 9.79. The fourth-order valence-electron chi connectivity index (χ4n) is 3.86. The van der Waals surface area contributed by atoms with Crippen LogP contribution in [0.4, 0.5) is 10.5 Å². The van der Waals surface area contributed by atoms with Crippen LogP contribution in [0.2, 0.25) is 0 Å². The van der Waals surface area contributed by atoms with Gasteiger partial charge < -0.3 is 30.1 Å². The fraction of sp³-hybridized carbons (Fsp3) is 0.391. The molecular weight excluding hydrogens is 398 g/mol. The summed E-state index contributed by atoms with van der Waals surface area (Å²) in [7, 11) is 3.01. The van der Waals surface area contributed by atoms with Gasteiger partial charge in [0.15, 0.2) is 0 Å². The van der Waals surface area contributed by atoms with Crippen LogP contribution in [0.3, 0.4) is 0 Å². The summed E-state index contributed by atoms with van der Waals surface area (Å²) < 4.78 is 10.1. The van der Waals surface area contributed by atoms with Crippen LogP contribution in [0, 0.1) is 0 Å². The molecule has 0 aromatic heterocycles. The second-order valence-electron chi connectivity index (χ2n) is 7.79. The molecule has 3 N–H and O–H groups in total. The van der Waals surface area contributed by atoms with Gasteiger partial charge in [-0.3, -0.25) is 4.79 Å². The highest BCUT2D eigenvalue weighted by Gasteiger charge is 2.47. The van der Waals surface area contributed by atoms with Crippen LogP contribution >= 0.6 is 0 Å². The third-order valence-corrected chi connectivity index (χ3v) is 5.52. The summed E-state index contributed by atoms with van der Waals surface area (Å²) >= 11 is 0. The van der Waals surface area contributed by atoms with Crippen molar-refractivity contribution in [3.63, 3.8) is 0 Å². The van der Waals surface area contributed by atoms with E-state index >= 15 is 0 Å². The number of likely N-dealkylation sites (tertiary alicyclic amines) is 1. The predicted octanol–water partition coefficient (Wildman–Crippen LogP) is 2.56. The van der Waals surface area contributed by atoms with Gasteiger partial charge in [-0.2, -0.15) is 0 Å². The number of piperidine rings is 1. The number of nitrogens with zero attached hydrogens (tertiary/aromatic N) is 1. The van der Waals surface area contributed by atoms with Crippen molar-refractivity contribution in [3.8, 4) is 5.75 Å². The predicted molar refractivity (Wildman–Crippen MR) is 117 cm³/mol. The maximum absolute atomic E-state index is 13.2. The minimum Gasteiger partial charge on any atom is -0.497 e. The number of carbonyl (C=O) groups excluding carboxylic acids is 2. The lowest BCUT2D eigenvalue weighted by molar-refractivity contribution is -0.130. The zero-order chi connectivity index (χ0) is 22.4. The number of methoxy groups -OCH3 is 2. The maximum atomic E-state index is 13.2. The van der Waals surface area contributed by atoms with Gasteiger partial charge in [-0.25, -0.2) is 4.79 Å². The zero-order valence-corrected chi connectivity index (χ0v) is 18.0. The van der Waals surface area contributed by atoms with Gasteiger partial charge in [0.1, 0.15) is 12.4 Å². The summed E-state index contributed by atoms with van der Waals surface area (Å²) in [5.74, 6) is 0.334. The van der Waals surface area contributed by atoms with Gasteiger partial charge in [-0.1, -0.05) is 30.3 Å². The SMILES string of the molecule is COCC(=O)NC1C(c2ccccc2)N(C(=O)Nc2ccc(OC)cc2)CCC1(C)O. The molecule has 0 saturated carbocycles. The Morgan fingerprint density at radius 3 is 2.42 bits per heavy atom. The summed E-state index contributed by atoms with van der Waals surface area (Å²) in [6, 6.07) is 14.8. The Balaban J connectivity index is 1.91. The second-order valence-corrected chi connectivity index (χ2v) is 7.79. The van der Waals surface area contributed by atoms with Crippen LogP contribution in [-0.2, 0) is 9.53 Å². The van der Waals surface area contributed by atoms with Crippen LogP contribution in [-0.4, -0.2) is 61.0 Å². The van der Waals surface area contributed by atoms with Crippen LogP contribution < -0.4 is 15.4 Å². The number of benzene rings is 2. The molecule has 1 heterocycles. The number of nitrogens with one attached hydrogen (secondary N) is 2. The van der Waals surface area contributed by atoms with E-state index in [9.17, 15) is 14.7 Å². The minimum absolute atomic E-state index is 0.133. The molecule has 3 atom stereocenters. The Morgan fingerprint density at radius 2 is 1.81 bits per heavy atom. The van der Waals surface area contributed by atoms with Crippen molar-refractivity contribution in [2.45, 2.75) is 31.0 Å². The van der Waals surface area contributed by atoms with E-state index < -0.39 is 17.7 Å². The van der Waals surface area contributed by atoms with E-state index in [0.29, 0.717) is 24.4 Å². The summed E-state index contributed by atoms with van der Waals surface area (Å²) in [4.78, 5) is 27.2. The number of urea groups is 1. The Bertz CT molecular complexity index is 886. The lowest BCUT2D eigenvalue weighted by Gasteiger charge is -2.49. The number of rotatable bonds is 6. The van der Waals surface area contributed by atoms with Crippen molar-refractivity contribution >= 4 is 17.6 Å². The lowest BCUT2D eigenvalue weighted by Crippen LogP contribution is -2.64. The van der Waals surface area contributed by atoms with E-state index in [1.54, 1.807) is 43.2 Å². The topological polar surface area (TPSA) is 100 Å². The summed E-state index contributed by atoms with van der Waals surface area (Å²) in [6.45, 7) is 1.87. The zero-order valence-electron chi connectivity index (χ0n) is 18.0. The average molecular weight is 428 g/mol. The third kappa shape index (κ3) is 5.34. The van der Waals surface area contributed by atoms with Crippen LogP contribution in [0.15, 0.2) is 54.6 Å². The molecule has 1 aliphatic heterocycles. The van der Waals surface area contributed by atoms with Crippen molar-refractivity contribution < 1.29 is 24.2 Å². The van der Waals surface area contributed by atoms with Crippen molar-refractivity contribution in [1.29, 1.82) is 0 Å².